The molecule has 2 unspecified atom stereocenters. The number of aliphatic hydroxyl groups is 1. The van der Waals surface area contributed by atoms with Gasteiger partial charge in [-0.15, -0.1) is 0 Å². The van der Waals surface area contributed by atoms with Crippen LogP contribution < -0.4 is 5.32 Å². The Labute approximate surface area is 122 Å². The third-order valence-electron chi connectivity index (χ3n) is 3.92. The molecule has 3 heteroatoms. The Bertz CT molecular complexity index is 429. The average Bonchev–Trinajstić information content (AvgIpc) is 3.23. The van der Waals surface area contributed by atoms with Crippen molar-refractivity contribution in [3.05, 3.63) is 34.9 Å². The predicted octanol–water partition coefficient (Wildman–Crippen LogP) is 2.74. The highest BCUT2D eigenvalue weighted by Crippen LogP contribution is 2.28. The molecule has 2 N–H and O–H groups in total. The van der Waals surface area contributed by atoms with Gasteiger partial charge in [0.15, 0.2) is 0 Å². The quantitative estimate of drug-likeness (QED) is 0.767. The number of nitrogens with one attached hydrogen (secondary N) is 1. The lowest BCUT2D eigenvalue weighted by atomic mass is 10.00. The maximum absolute atomic E-state index is 9.91. The minimum Gasteiger partial charge on any atom is -0.389 e. The molecule has 0 heterocycles. The molecule has 0 bridgehead atoms. The summed E-state index contributed by atoms with van der Waals surface area (Å²) in [5, 5.41) is 13.3. The van der Waals surface area contributed by atoms with Gasteiger partial charge in [-0.25, -0.2) is 0 Å². The van der Waals surface area contributed by atoms with Crippen molar-refractivity contribution >= 4 is 0 Å². The highest BCUT2D eigenvalue weighted by molar-refractivity contribution is 5.32. The zero-order valence-corrected chi connectivity index (χ0v) is 12.9. The SMILES string of the molecule is Cc1ccc(C)c(C(C)NCC(O)COCC2CC2)c1. The Morgan fingerprint density at radius 3 is 2.80 bits per heavy atom. The standard InChI is InChI=1S/C17H27NO2/c1-12-4-5-13(2)17(8-12)14(3)18-9-16(19)11-20-10-15-6-7-15/h4-5,8,14-16,18-19H,6-7,9-11H2,1-3H3. The third kappa shape index (κ3) is 4.89. The Kier molecular flexibility index (Phi) is 5.58. The third-order valence-corrected chi connectivity index (χ3v) is 3.92. The molecule has 1 aromatic rings. The first-order valence-corrected chi connectivity index (χ1v) is 7.62. The van der Waals surface area contributed by atoms with Gasteiger partial charge in [-0.05, 0) is 50.7 Å². The molecular weight excluding hydrogens is 250 g/mol. The fourth-order valence-electron chi connectivity index (χ4n) is 2.36. The molecule has 0 radical (unpaired) electrons. The van der Waals surface area contributed by atoms with Gasteiger partial charge in [-0.2, -0.15) is 0 Å². The summed E-state index contributed by atoms with van der Waals surface area (Å²) in [6.07, 6.45) is 2.15. The maximum atomic E-state index is 9.91. The van der Waals surface area contributed by atoms with Crippen molar-refractivity contribution in [2.75, 3.05) is 19.8 Å². The van der Waals surface area contributed by atoms with Crippen LogP contribution >= 0.6 is 0 Å². The molecule has 112 valence electrons. The van der Waals surface area contributed by atoms with Crippen LogP contribution in [0.3, 0.4) is 0 Å². The van der Waals surface area contributed by atoms with Gasteiger partial charge in [0, 0.05) is 19.2 Å². The lowest BCUT2D eigenvalue weighted by Gasteiger charge is -2.19. The van der Waals surface area contributed by atoms with Crippen molar-refractivity contribution in [1.82, 2.24) is 5.32 Å². The van der Waals surface area contributed by atoms with E-state index in [4.69, 9.17) is 4.74 Å². The van der Waals surface area contributed by atoms with Crippen LogP contribution in [0.5, 0.6) is 0 Å². The summed E-state index contributed by atoms with van der Waals surface area (Å²) in [5.41, 5.74) is 3.86. The molecule has 20 heavy (non-hydrogen) atoms. The molecule has 0 amide bonds. The van der Waals surface area contributed by atoms with Crippen molar-refractivity contribution in [2.24, 2.45) is 5.92 Å². The molecule has 2 atom stereocenters. The van der Waals surface area contributed by atoms with Crippen LogP contribution in [0.1, 0.15) is 42.5 Å². The Hall–Kier alpha value is -0.900. The van der Waals surface area contributed by atoms with Gasteiger partial charge in [0.1, 0.15) is 0 Å². The van der Waals surface area contributed by atoms with E-state index in [0.29, 0.717) is 13.2 Å². The largest absolute Gasteiger partial charge is 0.389 e. The number of benzene rings is 1. The Balaban J connectivity index is 1.72. The van der Waals surface area contributed by atoms with Gasteiger partial charge in [-0.3, -0.25) is 0 Å². The summed E-state index contributed by atoms with van der Waals surface area (Å²) in [6.45, 7) is 8.18. The van der Waals surface area contributed by atoms with Crippen LogP contribution in [0.25, 0.3) is 0 Å². The molecule has 1 aliphatic carbocycles. The maximum Gasteiger partial charge on any atom is 0.0897 e. The second-order valence-electron chi connectivity index (χ2n) is 6.12. The lowest BCUT2D eigenvalue weighted by Crippen LogP contribution is -2.32. The van der Waals surface area contributed by atoms with E-state index >= 15 is 0 Å². The normalized spacial score (nSPS) is 18.0. The van der Waals surface area contributed by atoms with Crippen LogP contribution in [-0.2, 0) is 4.74 Å². The van der Waals surface area contributed by atoms with Crippen LogP contribution in [-0.4, -0.2) is 31.0 Å². The predicted molar refractivity (Wildman–Crippen MR) is 81.9 cm³/mol. The number of hydrogen-bond donors (Lipinski definition) is 2. The van der Waals surface area contributed by atoms with Gasteiger partial charge in [0.2, 0.25) is 0 Å². The number of ether oxygens (including phenoxy) is 1. The molecule has 2 rings (SSSR count). The van der Waals surface area contributed by atoms with E-state index < -0.39 is 6.10 Å². The smallest absolute Gasteiger partial charge is 0.0897 e. The molecule has 0 saturated heterocycles. The summed E-state index contributed by atoms with van der Waals surface area (Å²) in [4.78, 5) is 0. The molecule has 0 spiro atoms. The van der Waals surface area contributed by atoms with E-state index in [1.54, 1.807) is 0 Å². The highest BCUT2D eigenvalue weighted by Gasteiger charge is 2.21. The molecule has 1 saturated carbocycles. The molecule has 0 aliphatic heterocycles. The van der Waals surface area contributed by atoms with E-state index in [1.165, 1.54) is 29.5 Å². The summed E-state index contributed by atoms with van der Waals surface area (Å²) < 4.78 is 5.51. The summed E-state index contributed by atoms with van der Waals surface area (Å²) in [5.74, 6) is 0.754. The van der Waals surface area contributed by atoms with Gasteiger partial charge in [0.05, 0.1) is 12.7 Å². The number of aryl methyl sites for hydroxylation is 2. The number of hydrogen-bond acceptors (Lipinski definition) is 3. The van der Waals surface area contributed by atoms with Gasteiger partial charge in [0.25, 0.3) is 0 Å². The van der Waals surface area contributed by atoms with Gasteiger partial charge in [-0.1, -0.05) is 23.8 Å². The van der Waals surface area contributed by atoms with Crippen molar-refractivity contribution in [3.8, 4) is 0 Å². The zero-order valence-electron chi connectivity index (χ0n) is 12.9. The van der Waals surface area contributed by atoms with Gasteiger partial charge < -0.3 is 15.2 Å². The molecular formula is C17H27NO2. The van der Waals surface area contributed by atoms with E-state index in [-0.39, 0.29) is 6.04 Å². The second kappa shape index (κ2) is 7.21. The minimum absolute atomic E-state index is 0.244. The second-order valence-corrected chi connectivity index (χ2v) is 6.12. The first-order chi connectivity index (χ1) is 9.56. The first kappa shape index (κ1) is 15.5. The average molecular weight is 277 g/mol. The van der Waals surface area contributed by atoms with Crippen molar-refractivity contribution in [2.45, 2.75) is 45.8 Å². The molecule has 1 aliphatic rings. The topological polar surface area (TPSA) is 41.5 Å². The van der Waals surface area contributed by atoms with Crippen molar-refractivity contribution in [3.63, 3.8) is 0 Å². The molecule has 3 nitrogen and oxygen atoms in total. The summed E-state index contributed by atoms with van der Waals surface area (Å²) in [6, 6.07) is 6.74. The van der Waals surface area contributed by atoms with Gasteiger partial charge >= 0.3 is 0 Å². The van der Waals surface area contributed by atoms with Crippen LogP contribution in [0, 0.1) is 19.8 Å². The first-order valence-electron chi connectivity index (χ1n) is 7.62. The number of rotatable bonds is 8. The van der Waals surface area contributed by atoms with Crippen LogP contribution in [0.15, 0.2) is 18.2 Å². The van der Waals surface area contributed by atoms with Crippen LogP contribution in [0.2, 0.25) is 0 Å². The number of aliphatic hydroxyl groups excluding tert-OH is 1. The van der Waals surface area contributed by atoms with E-state index in [1.807, 2.05) is 0 Å². The van der Waals surface area contributed by atoms with Crippen molar-refractivity contribution in [1.29, 1.82) is 0 Å². The monoisotopic (exact) mass is 277 g/mol. The highest BCUT2D eigenvalue weighted by atomic mass is 16.5. The fraction of sp³-hybridized carbons (Fsp3) is 0.647. The van der Waals surface area contributed by atoms with E-state index in [0.717, 1.165) is 12.5 Å². The zero-order chi connectivity index (χ0) is 14.5. The van der Waals surface area contributed by atoms with E-state index in [2.05, 4.69) is 44.3 Å². The van der Waals surface area contributed by atoms with Crippen molar-refractivity contribution < 1.29 is 9.84 Å². The minimum atomic E-state index is -0.429. The Morgan fingerprint density at radius 1 is 1.35 bits per heavy atom. The Morgan fingerprint density at radius 2 is 2.10 bits per heavy atom. The molecule has 1 aromatic carbocycles. The summed E-state index contributed by atoms with van der Waals surface area (Å²) >= 11 is 0. The lowest BCUT2D eigenvalue weighted by molar-refractivity contribution is 0.0315. The van der Waals surface area contributed by atoms with Crippen LogP contribution in [0.4, 0.5) is 0 Å². The summed E-state index contributed by atoms with van der Waals surface area (Å²) in [7, 11) is 0. The van der Waals surface area contributed by atoms with E-state index in [9.17, 15) is 5.11 Å². The molecule has 1 fully saturated rings. The molecule has 0 aromatic heterocycles. The fourth-order valence-corrected chi connectivity index (χ4v) is 2.36.